The molecule has 1 saturated carbocycles. The van der Waals surface area contributed by atoms with Crippen molar-refractivity contribution < 1.29 is 13.2 Å². The van der Waals surface area contributed by atoms with Crippen LogP contribution in [0.25, 0.3) is 0 Å². The third-order valence-electron chi connectivity index (χ3n) is 5.64. The summed E-state index contributed by atoms with van der Waals surface area (Å²) >= 11 is 0. The molecule has 2 aromatic carbocycles. The van der Waals surface area contributed by atoms with Gasteiger partial charge in [-0.3, -0.25) is 4.39 Å². The SMILES string of the molecule is FCCCCCc1cc(F)c(C2CCC(c3ccccc3)CC2)c(F)c1. The van der Waals surface area contributed by atoms with Crippen LogP contribution in [-0.2, 0) is 6.42 Å². The first-order valence-electron chi connectivity index (χ1n) is 9.77. The van der Waals surface area contributed by atoms with E-state index in [1.807, 2.05) is 18.2 Å². The average Bonchev–Trinajstić information content (AvgIpc) is 2.66. The van der Waals surface area contributed by atoms with Crippen molar-refractivity contribution in [2.45, 2.75) is 63.2 Å². The van der Waals surface area contributed by atoms with Crippen molar-refractivity contribution in [1.29, 1.82) is 0 Å². The zero-order valence-corrected chi connectivity index (χ0v) is 15.2. The number of unbranched alkanes of at least 4 members (excludes halogenated alkanes) is 2. The molecule has 0 heterocycles. The summed E-state index contributed by atoms with van der Waals surface area (Å²) in [6, 6.07) is 13.4. The highest BCUT2D eigenvalue weighted by molar-refractivity contribution is 5.30. The van der Waals surface area contributed by atoms with E-state index in [0.29, 0.717) is 24.3 Å². The molecule has 1 fully saturated rings. The maximum Gasteiger partial charge on any atom is 0.129 e. The van der Waals surface area contributed by atoms with Gasteiger partial charge in [-0.2, -0.15) is 0 Å². The third kappa shape index (κ3) is 4.69. The molecule has 0 unspecified atom stereocenters. The molecule has 0 aromatic heterocycles. The second kappa shape index (κ2) is 9.25. The fourth-order valence-corrected chi connectivity index (χ4v) is 4.21. The van der Waals surface area contributed by atoms with Crippen LogP contribution in [0.3, 0.4) is 0 Å². The number of hydrogen-bond acceptors (Lipinski definition) is 0. The molecule has 26 heavy (non-hydrogen) atoms. The lowest BCUT2D eigenvalue weighted by molar-refractivity contribution is 0.376. The van der Waals surface area contributed by atoms with Crippen molar-refractivity contribution in [3.8, 4) is 0 Å². The Kier molecular flexibility index (Phi) is 6.76. The lowest BCUT2D eigenvalue weighted by atomic mass is 9.76. The summed E-state index contributed by atoms with van der Waals surface area (Å²) in [5, 5.41) is 0. The molecule has 0 bridgehead atoms. The predicted molar refractivity (Wildman–Crippen MR) is 100 cm³/mol. The van der Waals surface area contributed by atoms with Gasteiger partial charge in [0.15, 0.2) is 0 Å². The summed E-state index contributed by atoms with van der Waals surface area (Å²) in [6.07, 6.45) is 6.24. The molecular formula is C23H27F3. The van der Waals surface area contributed by atoms with Gasteiger partial charge in [0, 0.05) is 5.56 Å². The summed E-state index contributed by atoms with van der Waals surface area (Å²) in [4.78, 5) is 0. The zero-order chi connectivity index (χ0) is 18.4. The molecule has 0 spiro atoms. The molecule has 3 rings (SSSR count). The van der Waals surface area contributed by atoms with Crippen LogP contribution in [-0.4, -0.2) is 6.67 Å². The number of rotatable bonds is 7. The van der Waals surface area contributed by atoms with Crippen LogP contribution in [0, 0.1) is 11.6 Å². The molecule has 2 aromatic rings. The molecule has 0 amide bonds. The first kappa shape index (κ1) is 19.0. The van der Waals surface area contributed by atoms with Crippen LogP contribution in [0.1, 0.15) is 73.5 Å². The van der Waals surface area contributed by atoms with E-state index in [1.54, 1.807) is 0 Å². The van der Waals surface area contributed by atoms with E-state index in [4.69, 9.17) is 0 Å². The van der Waals surface area contributed by atoms with Gasteiger partial charge < -0.3 is 0 Å². The number of alkyl halides is 1. The van der Waals surface area contributed by atoms with Gasteiger partial charge in [-0.25, -0.2) is 8.78 Å². The Balaban J connectivity index is 1.63. The van der Waals surface area contributed by atoms with Gasteiger partial charge in [0.2, 0.25) is 0 Å². The first-order valence-corrected chi connectivity index (χ1v) is 9.77. The molecule has 0 atom stereocenters. The van der Waals surface area contributed by atoms with E-state index in [1.165, 1.54) is 17.7 Å². The molecule has 0 aliphatic heterocycles. The molecule has 0 saturated heterocycles. The first-order chi connectivity index (χ1) is 12.7. The molecule has 3 heteroatoms. The summed E-state index contributed by atoms with van der Waals surface area (Å²) < 4.78 is 41.3. The highest BCUT2D eigenvalue weighted by Gasteiger charge is 2.27. The Hall–Kier alpha value is -1.77. The lowest BCUT2D eigenvalue weighted by Crippen LogP contribution is -2.15. The smallest absolute Gasteiger partial charge is 0.129 e. The molecule has 1 aliphatic carbocycles. The highest BCUT2D eigenvalue weighted by Crippen LogP contribution is 2.42. The van der Waals surface area contributed by atoms with E-state index in [9.17, 15) is 13.2 Å². The normalized spacial score (nSPS) is 20.3. The zero-order valence-electron chi connectivity index (χ0n) is 15.2. The predicted octanol–water partition coefficient (Wildman–Crippen LogP) is 7.09. The summed E-state index contributed by atoms with van der Waals surface area (Å²) in [5.74, 6) is -0.355. The van der Waals surface area contributed by atoms with Gasteiger partial charge in [-0.05, 0) is 80.0 Å². The Morgan fingerprint density at radius 3 is 2.00 bits per heavy atom. The topological polar surface area (TPSA) is 0 Å². The van der Waals surface area contributed by atoms with Gasteiger partial charge >= 0.3 is 0 Å². The number of halogens is 3. The van der Waals surface area contributed by atoms with Crippen molar-refractivity contribution >= 4 is 0 Å². The van der Waals surface area contributed by atoms with Gasteiger partial charge in [0.25, 0.3) is 0 Å². The molecule has 0 nitrogen and oxygen atoms in total. The van der Waals surface area contributed by atoms with Crippen molar-refractivity contribution in [2.75, 3.05) is 6.67 Å². The van der Waals surface area contributed by atoms with E-state index < -0.39 is 11.6 Å². The van der Waals surface area contributed by atoms with Gasteiger partial charge in [0.1, 0.15) is 11.6 Å². The van der Waals surface area contributed by atoms with Gasteiger partial charge in [0.05, 0.1) is 6.67 Å². The quantitative estimate of drug-likeness (QED) is 0.462. The minimum atomic E-state index is -0.409. The number of hydrogen-bond donors (Lipinski definition) is 0. The van der Waals surface area contributed by atoms with Crippen LogP contribution in [0.2, 0.25) is 0 Å². The Labute approximate surface area is 154 Å². The maximum absolute atomic E-state index is 14.6. The fourth-order valence-electron chi connectivity index (χ4n) is 4.21. The van der Waals surface area contributed by atoms with Crippen LogP contribution in [0.4, 0.5) is 13.2 Å². The van der Waals surface area contributed by atoms with Crippen LogP contribution in [0.5, 0.6) is 0 Å². The second-order valence-corrected chi connectivity index (χ2v) is 7.43. The maximum atomic E-state index is 14.6. The third-order valence-corrected chi connectivity index (χ3v) is 5.64. The van der Waals surface area contributed by atoms with Crippen molar-refractivity contribution in [2.24, 2.45) is 0 Å². The molecule has 0 N–H and O–H groups in total. The average molecular weight is 360 g/mol. The lowest BCUT2D eigenvalue weighted by Gasteiger charge is -2.29. The summed E-state index contributed by atoms with van der Waals surface area (Å²) in [5.41, 5.74) is 2.28. The summed E-state index contributed by atoms with van der Waals surface area (Å²) in [7, 11) is 0. The van der Waals surface area contributed by atoms with E-state index in [-0.39, 0.29) is 18.2 Å². The molecule has 1 aliphatic rings. The molecule has 0 radical (unpaired) electrons. The number of aryl methyl sites for hydroxylation is 1. The second-order valence-electron chi connectivity index (χ2n) is 7.43. The largest absolute Gasteiger partial charge is 0.251 e. The minimum absolute atomic E-state index is 0.0319. The molecule has 140 valence electrons. The summed E-state index contributed by atoms with van der Waals surface area (Å²) in [6.45, 7) is -0.326. The Morgan fingerprint density at radius 1 is 0.769 bits per heavy atom. The van der Waals surface area contributed by atoms with Crippen LogP contribution in [0.15, 0.2) is 42.5 Å². The standard InChI is InChI=1S/C23H27F3/c24-14-6-2-3-7-17-15-21(25)23(22(26)16-17)20-12-10-19(11-13-20)18-8-4-1-5-9-18/h1,4-5,8-9,15-16,19-20H,2-3,6-7,10-14H2. The van der Waals surface area contributed by atoms with Crippen molar-refractivity contribution in [3.63, 3.8) is 0 Å². The Morgan fingerprint density at radius 2 is 1.38 bits per heavy atom. The van der Waals surface area contributed by atoms with Gasteiger partial charge in [-0.1, -0.05) is 36.8 Å². The Bertz CT molecular complexity index is 665. The van der Waals surface area contributed by atoms with Crippen molar-refractivity contribution in [1.82, 2.24) is 0 Å². The van der Waals surface area contributed by atoms with Gasteiger partial charge in [-0.15, -0.1) is 0 Å². The van der Waals surface area contributed by atoms with E-state index in [2.05, 4.69) is 12.1 Å². The highest BCUT2D eigenvalue weighted by atomic mass is 19.1. The minimum Gasteiger partial charge on any atom is -0.251 e. The van der Waals surface area contributed by atoms with Crippen molar-refractivity contribution in [3.05, 3.63) is 70.8 Å². The van der Waals surface area contributed by atoms with E-state index >= 15 is 0 Å². The van der Waals surface area contributed by atoms with E-state index in [0.717, 1.165) is 38.5 Å². The van der Waals surface area contributed by atoms with Crippen LogP contribution < -0.4 is 0 Å². The monoisotopic (exact) mass is 360 g/mol. The van der Waals surface area contributed by atoms with Crippen LogP contribution >= 0.6 is 0 Å². The molecular weight excluding hydrogens is 333 g/mol. The number of benzene rings is 2. The fraction of sp³-hybridized carbons (Fsp3) is 0.478.